The molecule has 1 aromatic carbocycles. The Morgan fingerprint density at radius 2 is 1.08 bits per heavy atom. The average molecular weight is 1600 g/mol. The van der Waals surface area contributed by atoms with Gasteiger partial charge >= 0.3 is 71.5 Å². The predicted octanol–water partition coefficient (Wildman–Crippen LogP) is 4.46. The van der Waals surface area contributed by atoms with Crippen LogP contribution in [0.1, 0.15) is 117 Å². The van der Waals surface area contributed by atoms with Gasteiger partial charge in [0.05, 0.1) is 25.9 Å². The topological polar surface area (TPSA) is 564 Å². The number of nitrogens with one attached hydrogen (secondary N) is 2. The molecule has 6 rings (SSSR count). The normalized spacial score (nSPS) is 8.82. The summed E-state index contributed by atoms with van der Waals surface area (Å²) >= 11 is 29.5. The van der Waals surface area contributed by atoms with E-state index in [1.54, 1.807) is 13.8 Å². The fourth-order valence-electron chi connectivity index (χ4n) is 4.27. The molecule has 19 N–H and O–H groups in total. The van der Waals surface area contributed by atoms with Crippen molar-refractivity contribution in [3.05, 3.63) is 128 Å². The van der Waals surface area contributed by atoms with Crippen LogP contribution in [0.15, 0.2) is 66.8 Å². The Kier molecular flexibility index (Phi) is 99.4. The molecule has 47 heteroatoms. The number of nitrogens with zero attached hydrogens (tertiary/aromatic N) is 10. The second-order valence-electron chi connectivity index (χ2n) is 14.8. The van der Waals surface area contributed by atoms with Crippen LogP contribution >= 0.6 is 86.1 Å². The molecular formula is C52H85Cl7F6LiN17NaO14P. The number of esters is 2. The molecule has 0 aliphatic rings. The number of ketones is 1. The Labute approximate surface area is 639 Å². The number of aliphatic hydroxyl groups excluding tert-OH is 1. The number of para-hydroxylation sites is 1. The molecule has 0 bridgehead atoms. The number of carbonyl (C=O) groups is 4. The first-order valence-electron chi connectivity index (χ1n) is 24.9. The Hall–Kier alpha value is -5.79. The van der Waals surface area contributed by atoms with Crippen molar-refractivity contribution in [1.82, 2.24) is 56.0 Å². The predicted molar refractivity (Wildman–Crippen MR) is 366 cm³/mol. The second-order valence-corrected chi connectivity index (χ2v) is 22.5. The van der Waals surface area contributed by atoms with Crippen LogP contribution in [-0.2, 0) is 23.6 Å². The number of anilines is 4. The average Bonchev–Trinajstić information content (AvgIpc) is 0.904. The fourth-order valence-corrected chi connectivity index (χ4v) is 4.72. The van der Waals surface area contributed by atoms with Gasteiger partial charge in [-0.05, 0) is 86.4 Å². The standard InChI is InChI=1S/C10H15N.C9H12FN3O2.C6H9FO3.C5H4FN3O2.C4HCl2FN2.C4H3ClFN3.C4H3FN2O2.C4H10O.C2H5O.CH4N2.3CH4.Cl3OP.ClH.Li.H3N.Na.2H2O/c1-3-11(4-2)10-8-6-5-7-9-10;1-2-3-4-15-9(14)7-6(10)8(11)13-5-12-7;1-3-10-6(9)5(7)4(2)8;6-2-3(5(10)11)8-1-9-4(2)7;5-3-2(7)4(6)9-1-8-3;5-3-2(6)4(7)9-1-8-3;5-2-3(8)6-1-7-4(2)9;1-2-3-4-5;1-2-3;2-1-3;;;;1-5(2,3)4;;;;;;/h5-9H,3-4H2,1-2H3;5H,2-4H2,1H3,(H2,11,12,13);5H,3H2,1-2H3;1H,(H,10,11)(H2,7,8,9);1H;1H,(H2,7,8,9);1H,(H2,6,7,8,9);5H,2-4H2,1H3;2H2,1H3;1H,(H3,2,3);3*1H4;;1H;;1H3;;2*1H2/q;;;;;;;;-1;;;;;;;+1;;+1;;/p-1. The van der Waals surface area contributed by atoms with Crippen LogP contribution in [0.2, 0.25) is 15.5 Å². The Morgan fingerprint density at radius 3 is 1.37 bits per heavy atom. The van der Waals surface area contributed by atoms with Gasteiger partial charge in [-0.2, -0.15) is 8.78 Å². The zero-order chi connectivity index (χ0) is 70.5. The number of aliphatic hydroxyl groups is 1. The van der Waals surface area contributed by atoms with Crippen molar-refractivity contribution in [3.63, 3.8) is 0 Å². The first-order valence-corrected chi connectivity index (χ1v) is 30.5. The van der Waals surface area contributed by atoms with E-state index in [2.05, 4.69) is 139 Å². The van der Waals surface area contributed by atoms with Crippen LogP contribution in [0.4, 0.5) is 49.5 Å². The van der Waals surface area contributed by atoms with E-state index in [0.717, 1.165) is 83.7 Å². The summed E-state index contributed by atoms with van der Waals surface area (Å²) in [6, 6.07) is 10.5. The molecule has 0 fully saturated rings. The summed E-state index contributed by atoms with van der Waals surface area (Å²) < 4.78 is 93.4. The molecule has 99 heavy (non-hydrogen) atoms. The number of aromatic nitrogens is 10. The van der Waals surface area contributed by atoms with Gasteiger partial charge in [0.2, 0.25) is 11.6 Å². The van der Waals surface area contributed by atoms with E-state index in [1.165, 1.54) is 5.69 Å². The number of aromatic amines is 1. The quantitative estimate of drug-likeness (QED) is 0.00878. The van der Waals surface area contributed by atoms with E-state index in [4.69, 9.17) is 82.6 Å². The molecule has 560 valence electrons. The van der Waals surface area contributed by atoms with Crippen LogP contribution < -0.4 is 93.1 Å². The molecule has 6 aromatic rings. The molecule has 1 atom stereocenters. The SMILES string of the molecule is C.C.C.CCCCO.CCCCOC(=O)c1ncnc(N)c1F.CCN(CC)c1ccccc1.CCOC(=O)C(F)C(C)=O.CC[O-].Cl.Fc1c(Cl)ncnc1Cl.N.N=CN.Nc1ncnc(C(=O)O)c1F.Nc1ncnc(Cl)c1F.O.O=P(Cl)(Cl)Cl.O=c1[nH]cnc(O)c1F.[Li+].[Na+].[OH-]. The van der Waals surface area contributed by atoms with Crippen molar-refractivity contribution in [2.45, 2.75) is 103 Å². The minimum Gasteiger partial charge on any atom is -0.870 e. The molecule has 31 nitrogen and oxygen atoms in total. The monoisotopic (exact) mass is 1590 g/mol. The molecular weight excluding hydrogens is 1510 g/mol. The minimum absolute atomic E-state index is 0. The van der Waals surface area contributed by atoms with E-state index in [1.807, 2.05) is 18.0 Å². The number of alkyl halides is 1. The summed E-state index contributed by atoms with van der Waals surface area (Å²) in [5.74, 6) is -10.9. The summed E-state index contributed by atoms with van der Waals surface area (Å²) in [6.45, 7) is 15.3. The number of carboxylic acids is 1. The van der Waals surface area contributed by atoms with Crippen molar-refractivity contribution < 1.29 is 139 Å². The van der Waals surface area contributed by atoms with Gasteiger partial charge in [-0.25, -0.2) is 76.8 Å². The number of hydrogen-bond donors (Lipinski definition) is 10. The second kappa shape index (κ2) is 77.9. The Morgan fingerprint density at radius 1 is 0.717 bits per heavy atom. The maximum atomic E-state index is 13.2. The summed E-state index contributed by atoms with van der Waals surface area (Å²) in [4.78, 5) is 86.2. The van der Waals surface area contributed by atoms with Gasteiger partial charge in [-0.1, -0.05) is 109 Å². The number of carboxylic acid groups (broad SMARTS) is 1. The van der Waals surface area contributed by atoms with Crippen LogP contribution in [0.5, 0.6) is 5.88 Å². The number of Topliss-reactive ketones (excluding diaryl/α,β-unsaturated/α-hetero) is 1. The van der Waals surface area contributed by atoms with Gasteiger partial charge in [-0.3, -0.25) is 19.6 Å². The first kappa shape index (κ1) is 126. The largest absolute Gasteiger partial charge is 1.00 e. The third kappa shape index (κ3) is 66.5. The van der Waals surface area contributed by atoms with Crippen molar-refractivity contribution in [2.24, 2.45) is 5.73 Å². The van der Waals surface area contributed by atoms with E-state index in [0.29, 0.717) is 6.61 Å². The first-order chi connectivity index (χ1) is 42.2. The van der Waals surface area contributed by atoms with E-state index >= 15 is 0 Å². The molecule has 5 aromatic heterocycles. The number of ether oxygens (including phenoxy) is 2. The number of aromatic hydroxyl groups is 1. The Bertz CT molecular complexity index is 3030. The van der Waals surface area contributed by atoms with Gasteiger partial charge in [-0.15, -0.1) is 19.0 Å². The molecule has 0 radical (unpaired) electrons. The van der Waals surface area contributed by atoms with Crippen molar-refractivity contribution >= 4 is 139 Å². The van der Waals surface area contributed by atoms with E-state index in [-0.39, 0.29) is 147 Å². The Balaban J connectivity index is -0.0000000677. The summed E-state index contributed by atoms with van der Waals surface area (Å²) in [6.07, 6.45) is 7.32. The molecule has 0 aliphatic carbocycles. The maximum absolute atomic E-state index is 13.2. The minimum atomic E-state index is -3.22. The van der Waals surface area contributed by atoms with Gasteiger partial charge in [0.25, 0.3) is 17.6 Å². The van der Waals surface area contributed by atoms with Crippen LogP contribution in [0.3, 0.4) is 0 Å². The van der Waals surface area contributed by atoms with Crippen LogP contribution in [0.25, 0.3) is 0 Å². The molecule has 0 spiro atoms. The fraction of sp³-hybridized carbons (Fsp3) is 0.404. The number of hydrogen-bond acceptors (Lipinski definition) is 27. The number of aromatic carboxylic acids is 1. The maximum Gasteiger partial charge on any atom is 1.00 e. The van der Waals surface area contributed by atoms with Crippen molar-refractivity contribution in [3.8, 4) is 5.88 Å². The summed E-state index contributed by atoms with van der Waals surface area (Å²) in [7, 11) is 0. The third-order valence-electron chi connectivity index (χ3n) is 8.26. The van der Waals surface area contributed by atoms with E-state index < -0.39 is 92.8 Å². The number of nitrogens with two attached hydrogens (primary N) is 4. The number of unbranched alkanes of at least 4 members (excludes halogenated alkanes) is 2. The van der Waals surface area contributed by atoms with Gasteiger partial charge in [0, 0.05) is 25.4 Å². The number of carbonyl (C=O) groups excluding carboxylic acids is 3. The van der Waals surface area contributed by atoms with Gasteiger partial charge in [0.1, 0.15) is 25.3 Å². The van der Waals surface area contributed by atoms with Crippen LogP contribution in [-0.4, -0.2) is 152 Å². The zero-order valence-electron chi connectivity index (χ0n) is 52.8. The molecule has 1 unspecified atom stereocenters. The molecule has 0 aliphatic heterocycles. The smallest absolute Gasteiger partial charge is 0.870 e. The number of H-pyrrole nitrogens is 1. The van der Waals surface area contributed by atoms with E-state index in [9.17, 15) is 54.9 Å². The number of nitrogen functional groups attached to an aromatic ring is 3. The number of rotatable bonds is 13. The molecule has 0 saturated carbocycles. The third-order valence-corrected chi connectivity index (χ3v) is 9.05. The molecule has 0 amide bonds. The van der Waals surface area contributed by atoms with Crippen molar-refractivity contribution in [2.75, 3.05) is 61.6 Å². The van der Waals surface area contributed by atoms with Gasteiger partial charge in [0.15, 0.2) is 67.5 Å². The molecule has 5 heterocycles. The summed E-state index contributed by atoms with van der Waals surface area (Å²) in [5.41, 5.74) is 18.8. The van der Waals surface area contributed by atoms with Crippen molar-refractivity contribution in [1.29, 1.82) is 5.41 Å². The zero-order valence-corrected chi connectivity index (χ0v) is 61.1. The summed E-state index contributed by atoms with van der Waals surface area (Å²) in [5, 5.41) is 35.6. The number of benzene rings is 1. The number of halogens is 13. The van der Waals surface area contributed by atoms with Crippen LogP contribution in [0, 0.1) is 34.5 Å². The van der Waals surface area contributed by atoms with Gasteiger partial charge < -0.3 is 79.8 Å². The molecule has 0 saturated heterocycles.